The number of benzene rings is 1. The fourth-order valence-electron chi connectivity index (χ4n) is 2.16. The van der Waals surface area contributed by atoms with Crippen LogP contribution in [0.4, 0.5) is 5.69 Å². The summed E-state index contributed by atoms with van der Waals surface area (Å²) in [7, 11) is 0. The highest BCUT2D eigenvalue weighted by molar-refractivity contribution is 6.00. The van der Waals surface area contributed by atoms with Gasteiger partial charge in [-0.3, -0.25) is 15.0 Å². The molecule has 0 aromatic heterocycles. The van der Waals surface area contributed by atoms with Crippen LogP contribution in [0.1, 0.15) is 13.3 Å². The number of rotatable bonds is 4. The summed E-state index contributed by atoms with van der Waals surface area (Å²) in [6, 6.07) is 7.27. The fourth-order valence-corrected chi connectivity index (χ4v) is 2.16. The summed E-state index contributed by atoms with van der Waals surface area (Å²) in [5.41, 5.74) is 2.83. The lowest BCUT2D eigenvalue weighted by Gasteiger charge is -2.17. The minimum absolute atomic E-state index is 0.0813. The molecule has 1 heterocycles. The number of hydrogen-bond acceptors (Lipinski definition) is 4. The van der Waals surface area contributed by atoms with E-state index in [0.29, 0.717) is 18.9 Å². The second-order valence-corrected chi connectivity index (χ2v) is 4.34. The summed E-state index contributed by atoms with van der Waals surface area (Å²) in [5.74, 6) is 5.02. The molecule has 6 heteroatoms. The molecule has 0 spiro atoms. The van der Waals surface area contributed by atoms with E-state index in [1.807, 2.05) is 25.1 Å². The average Bonchev–Trinajstić information content (AvgIpc) is 2.81. The Hall–Kier alpha value is -2.08. The molecule has 2 rings (SSSR count). The lowest BCUT2D eigenvalue weighted by atomic mass is 10.1. The van der Waals surface area contributed by atoms with Crippen LogP contribution in [0.2, 0.25) is 0 Å². The molecular formula is C13H17N3O3. The van der Waals surface area contributed by atoms with Crippen molar-refractivity contribution in [1.29, 1.82) is 0 Å². The van der Waals surface area contributed by atoms with E-state index >= 15 is 0 Å². The molecule has 6 nitrogen and oxygen atoms in total. The number of nitrogens with zero attached hydrogens (tertiary/aromatic N) is 1. The van der Waals surface area contributed by atoms with Crippen LogP contribution in [0.25, 0.3) is 0 Å². The highest BCUT2D eigenvalue weighted by Gasteiger charge is 2.34. The predicted molar refractivity (Wildman–Crippen MR) is 70.4 cm³/mol. The molecule has 0 aliphatic carbocycles. The number of nitrogens with two attached hydrogens (primary N) is 1. The molecule has 1 aliphatic rings. The van der Waals surface area contributed by atoms with Crippen LogP contribution in [0.3, 0.4) is 0 Å². The minimum Gasteiger partial charge on any atom is -0.494 e. The molecule has 19 heavy (non-hydrogen) atoms. The number of amides is 2. The van der Waals surface area contributed by atoms with Gasteiger partial charge < -0.3 is 9.64 Å². The third-order valence-electron chi connectivity index (χ3n) is 3.08. The average molecular weight is 263 g/mol. The summed E-state index contributed by atoms with van der Waals surface area (Å²) >= 11 is 0. The van der Waals surface area contributed by atoms with Crippen LogP contribution in [-0.4, -0.2) is 25.0 Å². The number of carbonyl (C=O) groups excluding carboxylic acids is 2. The van der Waals surface area contributed by atoms with Gasteiger partial charge in [0.15, 0.2) is 0 Å². The first kappa shape index (κ1) is 13.4. The maximum absolute atomic E-state index is 11.9. The first-order valence-electron chi connectivity index (χ1n) is 6.19. The van der Waals surface area contributed by atoms with Crippen molar-refractivity contribution in [2.75, 3.05) is 18.1 Å². The standard InChI is InChI=1S/C13H17N3O3/c1-2-19-11-5-3-4-10(7-11)16-8-9(6-12(16)17)13(18)15-14/h3-5,7,9H,2,6,8,14H2,1H3,(H,15,18). The number of hydrazine groups is 1. The van der Waals surface area contributed by atoms with E-state index in [0.717, 1.165) is 5.69 Å². The van der Waals surface area contributed by atoms with Gasteiger partial charge in [0.2, 0.25) is 11.8 Å². The SMILES string of the molecule is CCOc1cccc(N2CC(C(=O)NN)CC2=O)c1. The number of anilines is 1. The van der Waals surface area contributed by atoms with Crippen molar-refractivity contribution >= 4 is 17.5 Å². The molecule has 102 valence electrons. The lowest BCUT2D eigenvalue weighted by Crippen LogP contribution is -2.37. The zero-order chi connectivity index (χ0) is 13.8. The second kappa shape index (κ2) is 5.71. The maximum atomic E-state index is 11.9. The Morgan fingerprint density at radius 2 is 2.37 bits per heavy atom. The van der Waals surface area contributed by atoms with Crippen molar-refractivity contribution in [2.45, 2.75) is 13.3 Å². The van der Waals surface area contributed by atoms with Crippen LogP contribution in [0.15, 0.2) is 24.3 Å². The van der Waals surface area contributed by atoms with Crippen molar-refractivity contribution in [3.8, 4) is 5.75 Å². The molecule has 1 aliphatic heterocycles. The van der Waals surface area contributed by atoms with Gasteiger partial charge in [-0.15, -0.1) is 0 Å². The van der Waals surface area contributed by atoms with Gasteiger partial charge >= 0.3 is 0 Å². The Balaban J connectivity index is 2.16. The van der Waals surface area contributed by atoms with E-state index in [-0.39, 0.29) is 18.2 Å². The summed E-state index contributed by atoms with van der Waals surface area (Å²) in [4.78, 5) is 25.0. The van der Waals surface area contributed by atoms with E-state index in [1.54, 1.807) is 11.0 Å². The van der Waals surface area contributed by atoms with Gasteiger partial charge in [0.25, 0.3) is 0 Å². The van der Waals surface area contributed by atoms with Gasteiger partial charge in [0, 0.05) is 24.7 Å². The highest BCUT2D eigenvalue weighted by atomic mass is 16.5. The van der Waals surface area contributed by atoms with E-state index in [4.69, 9.17) is 10.6 Å². The van der Waals surface area contributed by atoms with Crippen LogP contribution >= 0.6 is 0 Å². The minimum atomic E-state index is -0.395. The van der Waals surface area contributed by atoms with Crippen molar-refractivity contribution < 1.29 is 14.3 Å². The van der Waals surface area contributed by atoms with Gasteiger partial charge in [-0.05, 0) is 19.1 Å². The Kier molecular flexibility index (Phi) is 4.01. The van der Waals surface area contributed by atoms with Crippen LogP contribution in [-0.2, 0) is 9.59 Å². The number of nitrogens with one attached hydrogen (secondary N) is 1. The van der Waals surface area contributed by atoms with Gasteiger partial charge in [-0.25, -0.2) is 5.84 Å². The predicted octanol–water partition coefficient (Wildman–Crippen LogP) is 0.428. The number of carbonyl (C=O) groups is 2. The third-order valence-corrected chi connectivity index (χ3v) is 3.08. The third kappa shape index (κ3) is 2.85. The van der Waals surface area contributed by atoms with E-state index in [9.17, 15) is 9.59 Å². The van der Waals surface area contributed by atoms with Crippen LogP contribution in [0.5, 0.6) is 5.75 Å². The van der Waals surface area contributed by atoms with Crippen LogP contribution in [0, 0.1) is 5.92 Å². The van der Waals surface area contributed by atoms with Crippen molar-refractivity contribution in [3.05, 3.63) is 24.3 Å². The molecule has 1 aromatic rings. The van der Waals surface area contributed by atoms with Crippen molar-refractivity contribution in [1.82, 2.24) is 5.43 Å². The maximum Gasteiger partial charge on any atom is 0.239 e. The van der Waals surface area contributed by atoms with Gasteiger partial charge in [-0.2, -0.15) is 0 Å². The molecule has 1 saturated heterocycles. The molecule has 0 bridgehead atoms. The molecule has 2 amide bonds. The van der Waals surface area contributed by atoms with Gasteiger partial charge in [0.05, 0.1) is 12.5 Å². The quantitative estimate of drug-likeness (QED) is 0.468. The molecule has 3 N–H and O–H groups in total. The zero-order valence-corrected chi connectivity index (χ0v) is 10.8. The van der Waals surface area contributed by atoms with Crippen molar-refractivity contribution in [2.24, 2.45) is 11.8 Å². The highest BCUT2D eigenvalue weighted by Crippen LogP contribution is 2.27. The van der Waals surface area contributed by atoms with Crippen LogP contribution < -0.4 is 20.9 Å². The van der Waals surface area contributed by atoms with E-state index in [1.165, 1.54) is 0 Å². The Bertz CT molecular complexity index is 490. The summed E-state index contributed by atoms with van der Waals surface area (Å²) < 4.78 is 5.40. The Morgan fingerprint density at radius 1 is 1.58 bits per heavy atom. The summed E-state index contributed by atoms with van der Waals surface area (Å²) in [6.45, 7) is 2.81. The molecule has 0 saturated carbocycles. The molecular weight excluding hydrogens is 246 g/mol. The number of hydrogen-bond donors (Lipinski definition) is 2. The van der Waals surface area contributed by atoms with Gasteiger partial charge in [-0.1, -0.05) is 6.07 Å². The topological polar surface area (TPSA) is 84.7 Å². The second-order valence-electron chi connectivity index (χ2n) is 4.34. The smallest absolute Gasteiger partial charge is 0.239 e. The number of ether oxygens (including phenoxy) is 1. The first-order chi connectivity index (χ1) is 9.15. The molecule has 1 fully saturated rings. The fraction of sp³-hybridized carbons (Fsp3) is 0.385. The van der Waals surface area contributed by atoms with E-state index < -0.39 is 5.92 Å². The molecule has 0 radical (unpaired) electrons. The summed E-state index contributed by atoms with van der Waals surface area (Å²) in [5, 5.41) is 0. The van der Waals surface area contributed by atoms with Crippen molar-refractivity contribution in [3.63, 3.8) is 0 Å². The first-order valence-corrected chi connectivity index (χ1v) is 6.19. The summed E-state index contributed by atoms with van der Waals surface area (Å²) in [6.07, 6.45) is 0.182. The molecule has 1 aromatic carbocycles. The van der Waals surface area contributed by atoms with Gasteiger partial charge in [0.1, 0.15) is 5.75 Å². The normalized spacial score (nSPS) is 18.5. The lowest BCUT2D eigenvalue weighted by molar-refractivity contribution is -0.126. The molecule has 1 unspecified atom stereocenters. The Labute approximate surface area is 111 Å². The van der Waals surface area contributed by atoms with E-state index in [2.05, 4.69) is 5.43 Å². The Morgan fingerprint density at radius 3 is 3.05 bits per heavy atom. The monoisotopic (exact) mass is 263 g/mol. The largest absolute Gasteiger partial charge is 0.494 e. The molecule has 1 atom stereocenters. The zero-order valence-electron chi connectivity index (χ0n) is 10.8.